The van der Waals surface area contributed by atoms with Gasteiger partial charge in [-0.25, -0.2) is 0 Å². The fraction of sp³-hybridized carbons (Fsp3) is 0.571. The van der Waals surface area contributed by atoms with Crippen LogP contribution in [0.4, 0.5) is 0 Å². The molecule has 0 saturated carbocycles. The van der Waals surface area contributed by atoms with Crippen molar-refractivity contribution in [1.82, 2.24) is 5.32 Å². The third-order valence-corrected chi connectivity index (χ3v) is 8.00. The molecule has 0 aromatic heterocycles. The molecule has 6 heteroatoms. The first kappa shape index (κ1) is 17.5. The zero-order chi connectivity index (χ0) is 14.9. The Morgan fingerprint density at radius 2 is 1.65 bits per heavy atom. The maximum absolute atomic E-state index is 5.78. The number of aryl methyl sites for hydroxylation is 1. The monoisotopic (exact) mass is 302 g/mol. The van der Waals surface area contributed by atoms with Crippen molar-refractivity contribution >= 4 is 7.28 Å². The van der Waals surface area contributed by atoms with Gasteiger partial charge in [0.15, 0.2) is 0 Å². The number of benzene rings is 1. The molecule has 0 spiro atoms. The molecule has 0 aliphatic rings. The van der Waals surface area contributed by atoms with Crippen LogP contribution >= 0.6 is 7.28 Å². The van der Waals surface area contributed by atoms with E-state index in [0.717, 1.165) is 6.42 Å². The third kappa shape index (κ3) is 4.22. The summed E-state index contributed by atoms with van der Waals surface area (Å²) in [6.07, 6.45) is 2.09. The Bertz CT molecular complexity index is 374. The average molecular weight is 302 g/mol. The van der Waals surface area contributed by atoms with E-state index in [0.29, 0.717) is 25.5 Å². The normalized spacial score (nSPS) is 13.9. The van der Waals surface area contributed by atoms with E-state index in [9.17, 15) is 0 Å². The van der Waals surface area contributed by atoms with E-state index >= 15 is 0 Å². The van der Waals surface area contributed by atoms with E-state index < -0.39 is 7.28 Å². The molecule has 1 aromatic rings. The van der Waals surface area contributed by atoms with Crippen molar-refractivity contribution in [3.63, 3.8) is 0 Å². The molecule has 5 nitrogen and oxygen atoms in total. The van der Waals surface area contributed by atoms with Gasteiger partial charge >= 0.3 is 121 Å². The molecule has 0 aliphatic heterocycles. The standard InChI is InChI=1S/C14H27N2O3P/c1-17-20(18-2,19-3,13-16-11-10-15)12-9-14-7-5-4-6-8-14/h4-8,16H,9-13,15H2,1-3H3. The van der Waals surface area contributed by atoms with Crippen LogP contribution in [0.5, 0.6) is 0 Å². The molecule has 0 bridgehead atoms. The molecule has 0 heterocycles. The molecule has 0 atom stereocenters. The molecule has 0 fully saturated rings. The van der Waals surface area contributed by atoms with Crippen molar-refractivity contribution < 1.29 is 13.6 Å². The van der Waals surface area contributed by atoms with Crippen LogP contribution in [-0.4, -0.2) is 46.9 Å². The van der Waals surface area contributed by atoms with Gasteiger partial charge in [-0.2, -0.15) is 0 Å². The molecule has 0 aliphatic carbocycles. The molecule has 0 unspecified atom stereocenters. The second-order valence-electron chi connectivity index (χ2n) is 4.68. The van der Waals surface area contributed by atoms with E-state index in [1.807, 2.05) is 18.2 Å². The van der Waals surface area contributed by atoms with E-state index in [1.54, 1.807) is 21.3 Å². The van der Waals surface area contributed by atoms with Crippen molar-refractivity contribution in [1.29, 1.82) is 0 Å². The number of nitrogens with one attached hydrogen (secondary N) is 1. The van der Waals surface area contributed by atoms with Crippen LogP contribution in [0.1, 0.15) is 5.56 Å². The minimum absolute atomic E-state index is 0.541. The van der Waals surface area contributed by atoms with Crippen LogP contribution in [0.2, 0.25) is 0 Å². The van der Waals surface area contributed by atoms with Crippen LogP contribution < -0.4 is 11.1 Å². The number of hydrogen-bond acceptors (Lipinski definition) is 5. The molecule has 20 heavy (non-hydrogen) atoms. The van der Waals surface area contributed by atoms with Crippen molar-refractivity contribution in [3.8, 4) is 0 Å². The first-order valence-electron chi connectivity index (χ1n) is 6.78. The molecule has 116 valence electrons. The summed E-state index contributed by atoms with van der Waals surface area (Å²) in [4.78, 5) is 0. The van der Waals surface area contributed by atoms with Gasteiger partial charge in [0.2, 0.25) is 0 Å². The number of nitrogens with two attached hydrogens (primary N) is 1. The SMILES string of the molecule is COP(CCc1ccccc1)(CNCCN)(OC)OC. The van der Waals surface area contributed by atoms with Crippen LogP contribution in [0, 0.1) is 0 Å². The van der Waals surface area contributed by atoms with Crippen LogP contribution in [0.25, 0.3) is 0 Å². The molecule has 0 saturated heterocycles. The van der Waals surface area contributed by atoms with Gasteiger partial charge in [-0.3, -0.25) is 0 Å². The summed E-state index contributed by atoms with van der Waals surface area (Å²) < 4.78 is 17.3. The van der Waals surface area contributed by atoms with E-state index in [-0.39, 0.29) is 0 Å². The van der Waals surface area contributed by atoms with E-state index in [4.69, 9.17) is 19.3 Å². The summed E-state index contributed by atoms with van der Waals surface area (Å²) >= 11 is 0. The van der Waals surface area contributed by atoms with Gasteiger partial charge < -0.3 is 0 Å². The molecule has 0 radical (unpaired) electrons. The van der Waals surface area contributed by atoms with Gasteiger partial charge in [0.1, 0.15) is 0 Å². The van der Waals surface area contributed by atoms with Crippen molar-refractivity contribution in [2.75, 3.05) is 46.9 Å². The molecule has 1 aromatic carbocycles. The predicted octanol–water partition coefficient (Wildman–Crippen LogP) is 1.97. The molecular formula is C14H27N2O3P. The average Bonchev–Trinajstić information content (AvgIpc) is 2.53. The van der Waals surface area contributed by atoms with Gasteiger partial charge in [-0.05, 0) is 0 Å². The van der Waals surface area contributed by atoms with Gasteiger partial charge in [-0.1, -0.05) is 0 Å². The van der Waals surface area contributed by atoms with Crippen molar-refractivity contribution in [2.24, 2.45) is 5.73 Å². The summed E-state index contributed by atoms with van der Waals surface area (Å²) in [6, 6.07) is 10.3. The molecular weight excluding hydrogens is 275 g/mol. The Balaban J connectivity index is 2.81. The Kier molecular flexibility index (Phi) is 7.03. The predicted molar refractivity (Wildman–Crippen MR) is 84.9 cm³/mol. The molecule has 3 N–H and O–H groups in total. The van der Waals surface area contributed by atoms with E-state index in [1.165, 1.54) is 5.56 Å². The molecule has 1 rings (SSSR count). The Morgan fingerprint density at radius 1 is 1.05 bits per heavy atom. The summed E-state index contributed by atoms with van der Waals surface area (Å²) in [5.41, 5.74) is 6.76. The Labute approximate surface area is 122 Å². The minimum atomic E-state index is -3.13. The second-order valence-corrected chi connectivity index (χ2v) is 8.98. The maximum atomic E-state index is 5.78. The van der Waals surface area contributed by atoms with Gasteiger partial charge in [0.25, 0.3) is 0 Å². The second kappa shape index (κ2) is 8.03. The first-order valence-corrected chi connectivity index (χ1v) is 9.14. The van der Waals surface area contributed by atoms with Crippen LogP contribution in [-0.2, 0) is 20.0 Å². The molecule has 0 amide bonds. The van der Waals surface area contributed by atoms with E-state index in [2.05, 4.69) is 17.4 Å². The van der Waals surface area contributed by atoms with Crippen molar-refractivity contribution in [2.45, 2.75) is 6.42 Å². The fourth-order valence-corrected chi connectivity index (χ4v) is 4.98. The van der Waals surface area contributed by atoms with Crippen LogP contribution in [0.15, 0.2) is 30.3 Å². The number of rotatable bonds is 10. The van der Waals surface area contributed by atoms with Crippen LogP contribution in [0.3, 0.4) is 0 Å². The summed E-state index contributed by atoms with van der Waals surface area (Å²) in [6.45, 7) is 1.28. The topological polar surface area (TPSA) is 65.7 Å². The van der Waals surface area contributed by atoms with Crippen molar-refractivity contribution in [3.05, 3.63) is 35.9 Å². The zero-order valence-electron chi connectivity index (χ0n) is 12.7. The number of hydrogen-bond donors (Lipinski definition) is 2. The van der Waals surface area contributed by atoms with Gasteiger partial charge in [0.05, 0.1) is 0 Å². The fourth-order valence-electron chi connectivity index (χ4n) is 2.16. The van der Waals surface area contributed by atoms with Gasteiger partial charge in [-0.15, -0.1) is 0 Å². The zero-order valence-corrected chi connectivity index (χ0v) is 13.6. The third-order valence-electron chi connectivity index (χ3n) is 3.64. The summed E-state index contributed by atoms with van der Waals surface area (Å²) in [7, 11) is 1.82. The summed E-state index contributed by atoms with van der Waals surface area (Å²) in [5.74, 6) is 0. The summed E-state index contributed by atoms with van der Waals surface area (Å²) in [5, 5.41) is 3.26. The quantitative estimate of drug-likeness (QED) is 0.511. The Hall–Kier alpha value is -0.550. The van der Waals surface area contributed by atoms with Gasteiger partial charge in [0, 0.05) is 0 Å². The first-order chi connectivity index (χ1) is 9.63. The Morgan fingerprint density at radius 3 is 2.15 bits per heavy atom.